The van der Waals surface area contributed by atoms with E-state index >= 15 is 0 Å². The highest BCUT2D eigenvalue weighted by Gasteiger charge is 1.98. The van der Waals surface area contributed by atoms with Gasteiger partial charge in [-0.2, -0.15) is 0 Å². The number of hydrogen-bond acceptors (Lipinski definition) is 4. The summed E-state index contributed by atoms with van der Waals surface area (Å²) in [5, 5.41) is 0. The van der Waals surface area contributed by atoms with Gasteiger partial charge < -0.3 is 9.15 Å². The molecule has 94 valence electrons. The highest BCUT2D eigenvalue weighted by Crippen LogP contribution is 2.07. The smallest absolute Gasteiger partial charge is 0.351 e. The summed E-state index contributed by atoms with van der Waals surface area (Å²) in [6, 6.07) is 1.59. The molecule has 0 saturated heterocycles. The Morgan fingerprint density at radius 2 is 2.39 bits per heavy atom. The van der Waals surface area contributed by atoms with Gasteiger partial charge in [0, 0.05) is 12.5 Å². The maximum Gasteiger partial charge on any atom is 0.351 e. The standard InChI is InChI=1S/C13H11BrO4/c1-2-12(15)17-7-5-3-4-6-10-8-11(14)9-18-13(10)16/h2,8-9H,1,3,5,7H2. The summed E-state index contributed by atoms with van der Waals surface area (Å²) in [6.07, 6.45) is 3.54. The van der Waals surface area contributed by atoms with E-state index in [1.165, 1.54) is 6.26 Å². The van der Waals surface area contributed by atoms with Gasteiger partial charge in [0.2, 0.25) is 0 Å². The van der Waals surface area contributed by atoms with Crippen molar-refractivity contribution in [3.8, 4) is 11.8 Å². The molecule has 0 spiro atoms. The van der Waals surface area contributed by atoms with Crippen molar-refractivity contribution in [2.24, 2.45) is 0 Å². The van der Waals surface area contributed by atoms with E-state index in [0.29, 0.717) is 22.9 Å². The maximum atomic E-state index is 11.2. The van der Waals surface area contributed by atoms with Crippen LogP contribution in [0.2, 0.25) is 0 Å². The topological polar surface area (TPSA) is 56.5 Å². The first-order valence-electron chi connectivity index (χ1n) is 5.20. The Balaban J connectivity index is 2.42. The van der Waals surface area contributed by atoms with Crippen molar-refractivity contribution in [3.63, 3.8) is 0 Å². The van der Waals surface area contributed by atoms with Crippen molar-refractivity contribution in [1.29, 1.82) is 0 Å². The van der Waals surface area contributed by atoms with Gasteiger partial charge in [0.1, 0.15) is 11.8 Å². The van der Waals surface area contributed by atoms with E-state index in [1.807, 2.05) is 0 Å². The van der Waals surface area contributed by atoms with Crippen LogP contribution in [0.5, 0.6) is 0 Å². The number of carbonyl (C=O) groups is 1. The Hall–Kier alpha value is -1.80. The number of unbranched alkanes of at least 4 members (excludes halogenated alkanes) is 1. The molecule has 0 unspecified atom stereocenters. The number of carbonyl (C=O) groups excluding carboxylic acids is 1. The summed E-state index contributed by atoms with van der Waals surface area (Å²) in [7, 11) is 0. The van der Waals surface area contributed by atoms with E-state index in [0.717, 1.165) is 6.08 Å². The average Bonchev–Trinajstić information content (AvgIpc) is 2.37. The molecule has 0 aliphatic rings. The van der Waals surface area contributed by atoms with Gasteiger partial charge in [-0.1, -0.05) is 18.4 Å². The zero-order valence-electron chi connectivity index (χ0n) is 9.57. The molecule has 0 aliphatic heterocycles. The van der Waals surface area contributed by atoms with Crippen molar-refractivity contribution in [1.82, 2.24) is 0 Å². The van der Waals surface area contributed by atoms with E-state index in [9.17, 15) is 9.59 Å². The fourth-order valence-corrected chi connectivity index (χ4v) is 1.36. The highest BCUT2D eigenvalue weighted by atomic mass is 79.9. The fraction of sp³-hybridized carbons (Fsp3) is 0.231. The number of halogens is 1. The van der Waals surface area contributed by atoms with E-state index in [1.54, 1.807) is 6.07 Å². The molecule has 0 radical (unpaired) electrons. The Morgan fingerprint density at radius 3 is 3.11 bits per heavy atom. The molecule has 18 heavy (non-hydrogen) atoms. The van der Waals surface area contributed by atoms with E-state index in [4.69, 9.17) is 9.15 Å². The third-order valence-corrected chi connectivity index (χ3v) is 2.28. The molecule has 0 aliphatic carbocycles. The normalized spacial score (nSPS) is 9.17. The molecule has 1 aromatic rings. The van der Waals surface area contributed by atoms with Crippen LogP contribution < -0.4 is 5.63 Å². The predicted octanol–water partition coefficient (Wildman–Crippen LogP) is 2.26. The second-order valence-electron chi connectivity index (χ2n) is 3.24. The van der Waals surface area contributed by atoms with Gasteiger partial charge in [-0.15, -0.1) is 0 Å². The number of esters is 1. The number of ether oxygens (including phenoxy) is 1. The molecule has 0 fully saturated rings. The average molecular weight is 311 g/mol. The fourth-order valence-electron chi connectivity index (χ4n) is 1.04. The van der Waals surface area contributed by atoms with Crippen LogP contribution in [0.25, 0.3) is 0 Å². The molecule has 0 amide bonds. The lowest BCUT2D eigenvalue weighted by Crippen LogP contribution is -2.02. The minimum atomic E-state index is -0.469. The lowest BCUT2D eigenvalue weighted by molar-refractivity contribution is -0.137. The van der Waals surface area contributed by atoms with Crippen molar-refractivity contribution in [2.45, 2.75) is 12.8 Å². The van der Waals surface area contributed by atoms with Gasteiger partial charge in [-0.05, 0) is 28.4 Å². The van der Waals surface area contributed by atoms with Gasteiger partial charge in [0.05, 0.1) is 11.1 Å². The molecule has 0 bridgehead atoms. The van der Waals surface area contributed by atoms with Crippen LogP contribution in [0.4, 0.5) is 0 Å². The lowest BCUT2D eigenvalue weighted by atomic mass is 10.2. The van der Waals surface area contributed by atoms with E-state index in [-0.39, 0.29) is 6.61 Å². The SMILES string of the molecule is C=CC(=O)OCCCC#Cc1cc(Br)coc1=O. The van der Waals surface area contributed by atoms with Crippen LogP contribution in [0.1, 0.15) is 18.4 Å². The summed E-state index contributed by atoms with van der Waals surface area (Å²) in [4.78, 5) is 22.0. The zero-order chi connectivity index (χ0) is 13.4. The predicted molar refractivity (Wildman–Crippen MR) is 69.9 cm³/mol. The Morgan fingerprint density at radius 1 is 1.61 bits per heavy atom. The third-order valence-electron chi connectivity index (χ3n) is 1.86. The molecule has 0 aromatic carbocycles. The first kappa shape index (κ1) is 14.3. The van der Waals surface area contributed by atoms with Crippen molar-refractivity contribution in [3.05, 3.63) is 45.4 Å². The van der Waals surface area contributed by atoms with Crippen LogP contribution in [0.3, 0.4) is 0 Å². The van der Waals surface area contributed by atoms with E-state index < -0.39 is 11.6 Å². The largest absolute Gasteiger partial charge is 0.463 e. The minimum Gasteiger partial charge on any atom is -0.463 e. The summed E-state index contributed by atoms with van der Waals surface area (Å²) < 4.78 is 10.2. The van der Waals surface area contributed by atoms with Crippen LogP contribution in [0.15, 0.2) is 38.7 Å². The molecule has 4 nitrogen and oxygen atoms in total. The lowest BCUT2D eigenvalue weighted by Gasteiger charge is -1.97. The van der Waals surface area contributed by atoms with Gasteiger partial charge in [-0.25, -0.2) is 9.59 Å². The Bertz CT molecular complexity index is 548. The van der Waals surface area contributed by atoms with Crippen molar-refractivity contribution < 1.29 is 13.9 Å². The van der Waals surface area contributed by atoms with Crippen LogP contribution >= 0.6 is 15.9 Å². The van der Waals surface area contributed by atoms with Crippen molar-refractivity contribution >= 4 is 21.9 Å². The minimum absolute atomic E-state index is 0.284. The zero-order valence-corrected chi connectivity index (χ0v) is 11.2. The molecule has 5 heteroatoms. The summed E-state index contributed by atoms with van der Waals surface area (Å²) in [5.41, 5.74) is -0.170. The molecule has 1 heterocycles. The molecular formula is C13H11BrO4. The summed E-state index contributed by atoms with van der Waals surface area (Å²) in [6.45, 7) is 3.57. The highest BCUT2D eigenvalue weighted by molar-refractivity contribution is 9.10. The third kappa shape index (κ3) is 5.02. The van der Waals surface area contributed by atoms with Gasteiger partial charge in [0.25, 0.3) is 0 Å². The van der Waals surface area contributed by atoms with Gasteiger partial charge in [-0.3, -0.25) is 0 Å². The maximum absolute atomic E-state index is 11.2. The van der Waals surface area contributed by atoms with Gasteiger partial charge in [0.15, 0.2) is 0 Å². The second kappa shape index (κ2) is 7.51. The molecule has 0 N–H and O–H groups in total. The van der Waals surface area contributed by atoms with Crippen molar-refractivity contribution in [2.75, 3.05) is 6.61 Å². The Labute approximate surface area is 113 Å². The molecule has 1 rings (SSSR count). The van der Waals surface area contributed by atoms with Gasteiger partial charge >= 0.3 is 11.6 Å². The van der Waals surface area contributed by atoms with E-state index in [2.05, 4.69) is 34.3 Å². The number of rotatable bonds is 4. The molecular weight excluding hydrogens is 300 g/mol. The van der Waals surface area contributed by atoms with Crippen LogP contribution in [-0.2, 0) is 9.53 Å². The number of hydrogen-bond donors (Lipinski definition) is 0. The first-order chi connectivity index (χ1) is 8.63. The first-order valence-corrected chi connectivity index (χ1v) is 5.99. The molecule has 0 atom stereocenters. The monoisotopic (exact) mass is 310 g/mol. The summed E-state index contributed by atoms with van der Waals surface area (Å²) in [5.74, 6) is 5.07. The van der Waals surface area contributed by atoms with Crippen LogP contribution in [-0.4, -0.2) is 12.6 Å². The molecule has 0 saturated carbocycles. The van der Waals surface area contributed by atoms with Crippen LogP contribution in [0, 0.1) is 11.8 Å². The molecule has 1 aromatic heterocycles. The quantitative estimate of drug-likeness (QED) is 0.370. The Kier molecular flexibility index (Phi) is 5.95. The summed E-state index contributed by atoms with van der Waals surface area (Å²) >= 11 is 3.19. The second-order valence-corrected chi connectivity index (χ2v) is 4.16.